The van der Waals surface area contributed by atoms with Gasteiger partial charge in [0.2, 0.25) is 0 Å². The molecule has 260 valence electrons. The summed E-state index contributed by atoms with van der Waals surface area (Å²) in [6.07, 6.45) is 0. The van der Waals surface area contributed by atoms with Gasteiger partial charge in [0.25, 0.3) is 0 Å². The van der Waals surface area contributed by atoms with Crippen molar-refractivity contribution in [3.05, 3.63) is 205 Å². The van der Waals surface area contributed by atoms with Crippen molar-refractivity contribution in [2.45, 2.75) is 19.3 Å². The maximum Gasteiger partial charge on any atom is 0.160 e. The smallest absolute Gasteiger partial charge is 0.160 e. The third-order valence-corrected chi connectivity index (χ3v) is 11.2. The molecule has 1 heterocycles. The molecule has 10 rings (SSSR count). The zero-order valence-electron chi connectivity index (χ0n) is 30.9. The summed E-state index contributed by atoms with van der Waals surface area (Å²) in [7, 11) is 0. The molecule has 0 spiro atoms. The number of rotatable bonds is 6. The molecule has 0 bridgehead atoms. The normalized spacial score (nSPS) is 12.7. The van der Waals surface area contributed by atoms with E-state index in [1.165, 1.54) is 55.3 Å². The van der Waals surface area contributed by atoms with Crippen LogP contribution in [0.2, 0.25) is 0 Å². The van der Waals surface area contributed by atoms with E-state index in [9.17, 15) is 0 Å². The van der Waals surface area contributed by atoms with Gasteiger partial charge >= 0.3 is 0 Å². The van der Waals surface area contributed by atoms with Crippen LogP contribution in [0.1, 0.15) is 25.1 Å². The van der Waals surface area contributed by atoms with Gasteiger partial charge in [0.05, 0.1) is 11.4 Å². The van der Waals surface area contributed by atoms with Gasteiger partial charge in [-0.25, -0.2) is 9.97 Å². The minimum absolute atomic E-state index is 0.297. The number of hydrogen-bond donors (Lipinski definition) is 0. The van der Waals surface area contributed by atoms with E-state index in [1.807, 2.05) is 6.07 Å². The zero-order chi connectivity index (χ0) is 36.9. The Hall–Kier alpha value is -6.90. The molecule has 0 atom stereocenters. The zero-order valence-corrected chi connectivity index (χ0v) is 30.9. The lowest BCUT2D eigenvalue weighted by molar-refractivity contribution is 0.637. The van der Waals surface area contributed by atoms with Gasteiger partial charge in [-0.1, -0.05) is 166 Å². The highest BCUT2D eigenvalue weighted by atomic mass is 14.9. The Kier molecular flexibility index (Phi) is 7.85. The van der Waals surface area contributed by atoms with Crippen molar-refractivity contribution >= 4 is 10.8 Å². The van der Waals surface area contributed by atoms with Crippen LogP contribution >= 0.6 is 0 Å². The summed E-state index contributed by atoms with van der Waals surface area (Å²) in [6, 6.07) is 69.8. The van der Waals surface area contributed by atoms with Gasteiger partial charge in [-0.3, -0.25) is 0 Å². The first-order valence-electron chi connectivity index (χ1n) is 19.0. The van der Waals surface area contributed by atoms with Crippen molar-refractivity contribution in [3.8, 4) is 78.3 Å². The average molecular weight is 703 g/mol. The van der Waals surface area contributed by atoms with Gasteiger partial charge in [0.15, 0.2) is 5.82 Å². The fourth-order valence-electron chi connectivity index (χ4n) is 8.30. The van der Waals surface area contributed by atoms with E-state index >= 15 is 0 Å². The predicted molar refractivity (Wildman–Crippen MR) is 230 cm³/mol. The van der Waals surface area contributed by atoms with Gasteiger partial charge in [-0.2, -0.15) is 0 Å². The molecule has 2 heteroatoms. The van der Waals surface area contributed by atoms with E-state index in [0.29, 0.717) is 0 Å². The van der Waals surface area contributed by atoms with Crippen LogP contribution in [0.3, 0.4) is 0 Å². The van der Waals surface area contributed by atoms with E-state index in [0.717, 1.165) is 45.0 Å². The second-order valence-corrected chi connectivity index (χ2v) is 15.0. The highest BCUT2D eigenvalue weighted by molar-refractivity contribution is 5.98. The van der Waals surface area contributed by atoms with Gasteiger partial charge in [-0.05, 0) is 109 Å². The van der Waals surface area contributed by atoms with Crippen LogP contribution in [0.15, 0.2) is 194 Å². The first-order valence-corrected chi connectivity index (χ1v) is 19.0. The van der Waals surface area contributed by atoms with Crippen molar-refractivity contribution in [3.63, 3.8) is 0 Å². The number of benzene rings is 8. The predicted octanol–water partition coefficient (Wildman–Crippen LogP) is 13.9. The van der Waals surface area contributed by atoms with E-state index < -0.39 is 0 Å². The fraction of sp³-hybridized carbons (Fsp3) is 0.0566. The summed E-state index contributed by atoms with van der Waals surface area (Å²) in [5.74, 6) is 0.750. The Morgan fingerprint density at radius 1 is 0.345 bits per heavy atom. The highest BCUT2D eigenvalue weighted by Gasteiger charge is 2.40. The van der Waals surface area contributed by atoms with Gasteiger partial charge in [-0.15, -0.1) is 0 Å². The molecular formula is C53H38N2. The first kappa shape index (κ1) is 32.7. The molecule has 1 aliphatic rings. The molecule has 55 heavy (non-hydrogen) atoms. The van der Waals surface area contributed by atoms with Crippen molar-refractivity contribution < 1.29 is 0 Å². The molecule has 1 aromatic heterocycles. The van der Waals surface area contributed by atoms with E-state index in [1.54, 1.807) is 0 Å². The SMILES string of the molecule is CC1(C)c2cc3ccccc3cc2-c2c(-c3cccc(-c4cccc(-c5cc(-c6ccccc6)cc(-c6ccccc6)c5)c4)c3)nc(-c3ccccc3)nc21. The Balaban J connectivity index is 1.12. The number of hydrogen-bond acceptors (Lipinski definition) is 2. The molecule has 0 N–H and O–H groups in total. The van der Waals surface area contributed by atoms with Gasteiger partial charge in [0, 0.05) is 22.1 Å². The summed E-state index contributed by atoms with van der Waals surface area (Å²) in [6.45, 7) is 4.60. The lowest BCUT2D eigenvalue weighted by atomic mass is 9.84. The monoisotopic (exact) mass is 702 g/mol. The minimum Gasteiger partial charge on any atom is -0.231 e. The first-order chi connectivity index (χ1) is 27.0. The Labute approximate surface area is 322 Å². The van der Waals surface area contributed by atoms with E-state index in [4.69, 9.17) is 9.97 Å². The Bertz CT molecular complexity index is 2820. The third-order valence-electron chi connectivity index (χ3n) is 11.2. The number of nitrogens with zero attached hydrogens (tertiary/aromatic N) is 2. The van der Waals surface area contributed by atoms with Gasteiger partial charge in [0.1, 0.15) is 0 Å². The quantitative estimate of drug-likeness (QED) is 0.172. The second-order valence-electron chi connectivity index (χ2n) is 15.0. The Morgan fingerprint density at radius 2 is 0.764 bits per heavy atom. The summed E-state index contributed by atoms with van der Waals surface area (Å²) in [4.78, 5) is 10.7. The molecule has 0 amide bonds. The van der Waals surface area contributed by atoms with Crippen LogP contribution in [0.4, 0.5) is 0 Å². The molecule has 0 saturated heterocycles. The van der Waals surface area contributed by atoms with Crippen LogP contribution in [0.25, 0.3) is 89.1 Å². The van der Waals surface area contributed by atoms with E-state index in [2.05, 4.69) is 202 Å². The molecule has 0 radical (unpaired) electrons. The lowest BCUT2D eigenvalue weighted by Crippen LogP contribution is -2.17. The molecule has 9 aromatic rings. The third kappa shape index (κ3) is 5.84. The summed E-state index contributed by atoms with van der Waals surface area (Å²) in [5.41, 5.74) is 16.9. The topological polar surface area (TPSA) is 25.8 Å². The lowest BCUT2D eigenvalue weighted by Gasteiger charge is -2.21. The molecule has 0 saturated carbocycles. The maximum atomic E-state index is 5.40. The van der Waals surface area contributed by atoms with E-state index in [-0.39, 0.29) is 5.41 Å². The van der Waals surface area contributed by atoms with Crippen LogP contribution in [0, 0.1) is 0 Å². The molecule has 1 aliphatic carbocycles. The van der Waals surface area contributed by atoms with Crippen molar-refractivity contribution in [2.24, 2.45) is 0 Å². The molecule has 2 nitrogen and oxygen atoms in total. The van der Waals surface area contributed by atoms with Crippen LogP contribution in [-0.2, 0) is 5.41 Å². The molecular weight excluding hydrogens is 665 g/mol. The van der Waals surface area contributed by atoms with Crippen LogP contribution < -0.4 is 0 Å². The molecule has 0 fully saturated rings. The Morgan fingerprint density at radius 3 is 1.35 bits per heavy atom. The minimum atomic E-state index is -0.297. The van der Waals surface area contributed by atoms with Crippen molar-refractivity contribution in [1.82, 2.24) is 9.97 Å². The van der Waals surface area contributed by atoms with Crippen molar-refractivity contribution in [2.75, 3.05) is 0 Å². The molecule has 0 unspecified atom stereocenters. The summed E-state index contributed by atoms with van der Waals surface area (Å²) in [5, 5.41) is 2.47. The number of fused-ring (bicyclic) bond motifs is 4. The second kappa shape index (κ2) is 13.2. The largest absolute Gasteiger partial charge is 0.231 e. The van der Waals surface area contributed by atoms with Gasteiger partial charge < -0.3 is 0 Å². The van der Waals surface area contributed by atoms with Crippen LogP contribution in [-0.4, -0.2) is 9.97 Å². The van der Waals surface area contributed by atoms with Crippen LogP contribution in [0.5, 0.6) is 0 Å². The molecule has 0 aliphatic heterocycles. The standard InChI is InChI=1S/C53H38N2/c1-53(2)48-34-42-23-13-12-22-41(42)33-47(48)49-50(54-52(55-51(49)53)37-20-10-5-11-21-37)43-27-15-25-39(29-43)38-24-14-26-40(28-38)46-31-44(35-16-6-3-7-17-35)30-45(32-46)36-18-8-4-9-19-36/h3-34H,1-2H3. The van der Waals surface area contributed by atoms with Crippen molar-refractivity contribution in [1.29, 1.82) is 0 Å². The fourth-order valence-corrected chi connectivity index (χ4v) is 8.30. The average Bonchev–Trinajstić information content (AvgIpc) is 3.48. The maximum absolute atomic E-state index is 5.40. The summed E-state index contributed by atoms with van der Waals surface area (Å²) >= 11 is 0. The molecule has 8 aromatic carbocycles. The number of aromatic nitrogens is 2. The highest BCUT2D eigenvalue weighted by Crippen LogP contribution is 2.52. The summed E-state index contributed by atoms with van der Waals surface area (Å²) < 4.78 is 0.